The molecular formula is C16H15N5O2. The van der Waals surface area contributed by atoms with Crippen LogP contribution in [0.3, 0.4) is 0 Å². The van der Waals surface area contributed by atoms with E-state index in [1.54, 1.807) is 24.1 Å². The number of nitrogens with zero attached hydrogens (tertiary/aromatic N) is 4. The summed E-state index contributed by atoms with van der Waals surface area (Å²) in [5.74, 6) is 0.480. The second-order valence-corrected chi connectivity index (χ2v) is 5.64. The Bertz CT molecular complexity index is 853. The molecule has 1 atom stereocenters. The Morgan fingerprint density at radius 2 is 2.35 bits per heavy atom. The van der Waals surface area contributed by atoms with Gasteiger partial charge in [-0.05, 0) is 30.0 Å². The van der Waals surface area contributed by atoms with Crippen LogP contribution < -0.4 is 5.32 Å². The van der Waals surface area contributed by atoms with Crippen LogP contribution in [-0.2, 0) is 13.5 Å². The summed E-state index contributed by atoms with van der Waals surface area (Å²) in [5, 5.41) is 11.0. The van der Waals surface area contributed by atoms with Crippen molar-refractivity contribution in [3.8, 4) is 11.4 Å². The summed E-state index contributed by atoms with van der Waals surface area (Å²) in [6.45, 7) is 0. The first kappa shape index (κ1) is 13.7. The number of rotatable bonds is 3. The zero-order valence-electron chi connectivity index (χ0n) is 12.6. The minimum absolute atomic E-state index is 0.0250. The van der Waals surface area contributed by atoms with E-state index in [1.807, 2.05) is 12.1 Å². The number of benzene rings is 1. The van der Waals surface area contributed by atoms with Crippen LogP contribution in [0.15, 0.2) is 41.5 Å². The highest BCUT2D eigenvalue weighted by molar-refractivity contribution is 5.94. The molecule has 7 nitrogen and oxygen atoms in total. The standard InChI is InChI=1S/C16H15N5O2/c1-21-8-12(7-18-21)16(22)19-14-5-3-10-6-11(2-4-13(10)14)15-17-9-23-20-15/h2,4,6-9,14H,3,5H2,1H3,(H,19,22)/t14-/m1/s1. The number of hydrogen-bond donors (Lipinski definition) is 1. The van der Waals surface area contributed by atoms with Gasteiger partial charge in [-0.1, -0.05) is 17.3 Å². The number of nitrogens with one attached hydrogen (secondary N) is 1. The third kappa shape index (κ3) is 2.50. The Kier molecular flexibility index (Phi) is 3.18. The van der Waals surface area contributed by atoms with Crippen LogP contribution in [0.25, 0.3) is 11.4 Å². The monoisotopic (exact) mass is 309 g/mol. The van der Waals surface area contributed by atoms with Crippen molar-refractivity contribution in [2.24, 2.45) is 7.05 Å². The van der Waals surface area contributed by atoms with E-state index in [2.05, 4.69) is 26.6 Å². The number of fused-ring (bicyclic) bond motifs is 1. The van der Waals surface area contributed by atoms with Gasteiger partial charge >= 0.3 is 0 Å². The molecule has 0 saturated carbocycles. The normalized spacial score (nSPS) is 16.3. The summed E-state index contributed by atoms with van der Waals surface area (Å²) in [7, 11) is 1.79. The molecule has 0 aliphatic heterocycles. The summed E-state index contributed by atoms with van der Waals surface area (Å²) in [6, 6.07) is 6.08. The first-order chi connectivity index (χ1) is 11.2. The van der Waals surface area contributed by atoms with Crippen molar-refractivity contribution in [3.63, 3.8) is 0 Å². The lowest BCUT2D eigenvalue weighted by atomic mass is 10.0. The van der Waals surface area contributed by atoms with E-state index in [9.17, 15) is 4.79 Å². The van der Waals surface area contributed by atoms with Gasteiger partial charge in [-0.25, -0.2) is 0 Å². The number of carbonyl (C=O) groups is 1. The molecule has 0 unspecified atom stereocenters. The first-order valence-corrected chi connectivity index (χ1v) is 7.40. The average Bonchev–Trinajstić information content (AvgIpc) is 3.27. The van der Waals surface area contributed by atoms with E-state index in [-0.39, 0.29) is 11.9 Å². The zero-order valence-corrected chi connectivity index (χ0v) is 12.6. The van der Waals surface area contributed by atoms with E-state index in [4.69, 9.17) is 4.52 Å². The molecule has 0 bridgehead atoms. The lowest BCUT2D eigenvalue weighted by Gasteiger charge is -2.13. The molecule has 2 aromatic heterocycles. The fourth-order valence-corrected chi connectivity index (χ4v) is 2.98. The Labute approximate surface area is 132 Å². The second-order valence-electron chi connectivity index (χ2n) is 5.64. The van der Waals surface area contributed by atoms with Gasteiger partial charge in [0.15, 0.2) is 0 Å². The van der Waals surface area contributed by atoms with E-state index >= 15 is 0 Å². The Hall–Kier alpha value is -2.96. The second kappa shape index (κ2) is 5.35. The highest BCUT2D eigenvalue weighted by Gasteiger charge is 2.25. The zero-order chi connectivity index (χ0) is 15.8. The van der Waals surface area contributed by atoms with Crippen molar-refractivity contribution >= 4 is 5.91 Å². The topological polar surface area (TPSA) is 85.8 Å². The molecule has 0 saturated heterocycles. The van der Waals surface area contributed by atoms with Crippen LogP contribution in [0.5, 0.6) is 0 Å². The molecule has 1 aliphatic carbocycles. The predicted octanol–water partition coefficient (Wildman–Crippen LogP) is 1.89. The largest absolute Gasteiger partial charge is 0.345 e. The van der Waals surface area contributed by atoms with Gasteiger partial charge < -0.3 is 9.84 Å². The number of aryl methyl sites for hydroxylation is 2. The van der Waals surface area contributed by atoms with E-state index in [0.717, 1.165) is 24.0 Å². The maximum absolute atomic E-state index is 12.3. The number of amides is 1. The smallest absolute Gasteiger partial charge is 0.254 e. The van der Waals surface area contributed by atoms with Gasteiger partial charge in [-0.2, -0.15) is 10.1 Å². The lowest BCUT2D eigenvalue weighted by molar-refractivity contribution is 0.0936. The van der Waals surface area contributed by atoms with Crippen molar-refractivity contribution < 1.29 is 9.32 Å². The number of aromatic nitrogens is 4. The van der Waals surface area contributed by atoms with Gasteiger partial charge in [0.2, 0.25) is 12.2 Å². The van der Waals surface area contributed by atoms with E-state index in [1.165, 1.54) is 12.0 Å². The van der Waals surface area contributed by atoms with Crippen molar-refractivity contribution in [3.05, 3.63) is 53.7 Å². The molecule has 0 fully saturated rings. The number of carbonyl (C=O) groups excluding carboxylic acids is 1. The molecule has 1 aliphatic rings. The van der Waals surface area contributed by atoms with E-state index in [0.29, 0.717) is 11.4 Å². The van der Waals surface area contributed by atoms with Crippen LogP contribution in [0.4, 0.5) is 0 Å². The molecule has 1 N–H and O–H groups in total. The molecule has 1 amide bonds. The molecule has 0 radical (unpaired) electrons. The minimum atomic E-state index is -0.0989. The fraction of sp³-hybridized carbons (Fsp3) is 0.250. The van der Waals surface area contributed by atoms with Crippen molar-refractivity contribution in [1.29, 1.82) is 0 Å². The van der Waals surface area contributed by atoms with Gasteiger partial charge in [0.05, 0.1) is 17.8 Å². The molecular weight excluding hydrogens is 294 g/mol. The van der Waals surface area contributed by atoms with Gasteiger partial charge in [-0.15, -0.1) is 0 Å². The van der Waals surface area contributed by atoms with Crippen molar-refractivity contribution in [2.45, 2.75) is 18.9 Å². The van der Waals surface area contributed by atoms with Gasteiger partial charge in [0, 0.05) is 18.8 Å². The first-order valence-electron chi connectivity index (χ1n) is 7.40. The number of hydrogen-bond acceptors (Lipinski definition) is 5. The molecule has 7 heteroatoms. The predicted molar refractivity (Wildman–Crippen MR) is 81.5 cm³/mol. The fourth-order valence-electron chi connectivity index (χ4n) is 2.98. The highest BCUT2D eigenvalue weighted by atomic mass is 16.5. The Morgan fingerprint density at radius 3 is 3.09 bits per heavy atom. The third-order valence-electron chi connectivity index (χ3n) is 4.11. The van der Waals surface area contributed by atoms with Crippen LogP contribution in [0, 0.1) is 0 Å². The highest BCUT2D eigenvalue weighted by Crippen LogP contribution is 2.33. The summed E-state index contributed by atoms with van der Waals surface area (Å²) in [4.78, 5) is 16.3. The van der Waals surface area contributed by atoms with Gasteiger partial charge in [0.25, 0.3) is 5.91 Å². The Balaban J connectivity index is 1.55. The summed E-state index contributed by atoms with van der Waals surface area (Å²) in [5.41, 5.74) is 3.86. The molecule has 4 rings (SSSR count). The molecule has 116 valence electrons. The Morgan fingerprint density at radius 1 is 1.43 bits per heavy atom. The molecule has 2 heterocycles. The summed E-state index contributed by atoms with van der Waals surface area (Å²) in [6.07, 6.45) is 6.41. The third-order valence-corrected chi connectivity index (χ3v) is 4.11. The average molecular weight is 309 g/mol. The van der Waals surface area contributed by atoms with Crippen LogP contribution >= 0.6 is 0 Å². The summed E-state index contributed by atoms with van der Waals surface area (Å²) >= 11 is 0. The minimum Gasteiger partial charge on any atom is -0.345 e. The van der Waals surface area contributed by atoms with Gasteiger partial charge in [0.1, 0.15) is 0 Å². The molecule has 23 heavy (non-hydrogen) atoms. The molecule has 1 aromatic carbocycles. The molecule has 3 aromatic rings. The van der Waals surface area contributed by atoms with Gasteiger partial charge in [-0.3, -0.25) is 9.48 Å². The lowest BCUT2D eigenvalue weighted by Crippen LogP contribution is -2.26. The maximum Gasteiger partial charge on any atom is 0.254 e. The maximum atomic E-state index is 12.3. The van der Waals surface area contributed by atoms with Crippen LogP contribution in [-0.4, -0.2) is 25.8 Å². The SMILES string of the molecule is Cn1cc(C(=O)N[C@@H]2CCc3cc(-c4ncon4)ccc32)cn1. The van der Waals surface area contributed by atoms with E-state index < -0.39 is 0 Å². The van der Waals surface area contributed by atoms with Crippen molar-refractivity contribution in [2.75, 3.05) is 0 Å². The van der Waals surface area contributed by atoms with Crippen LogP contribution in [0.1, 0.15) is 33.9 Å². The van der Waals surface area contributed by atoms with Crippen molar-refractivity contribution in [1.82, 2.24) is 25.2 Å². The molecule has 0 spiro atoms. The quantitative estimate of drug-likeness (QED) is 0.798. The summed E-state index contributed by atoms with van der Waals surface area (Å²) < 4.78 is 6.41. The van der Waals surface area contributed by atoms with Crippen LogP contribution in [0.2, 0.25) is 0 Å².